The highest BCUT2D eigenvalue weighted by Crippen LogP contribution is 2.20. The van der Waals surface area contributed by atoms with E-state index in [4.69, 9.17) is 9.84 Å². The van der Waals surface area contributed by atoms with Gasteiger partial charge in [0.15, 0.2) is 0 Å². The average molecular weight is 248 g/mol. The van der Waals surface area contributed by atoms with Gasteiger partial charge in [-0.3, -0.25) is 9.48 Å². The fraction of sp³-hybridized carbons (Fsp3) is 0.167. The lowest BCUT2D eigenvalue weighted by Crippen LogP contribution is -2.23. The van der Waals surface area contributed by atoms with Crippen LogP contribution in [0.25, 0.3) is 5.69 Å². The summed E-state index contributed by atoms with van der Waals surface area (Å²) in [5.74, 6) is -0.748. The molecule has 0 amide bonds. The quantitative estimate of drug-likeness (QED) is 0.875. The van der Waals surface area contributed by atoms with Crippen LogP contribution in [0.1, 0.15) is 10.4 Å². The lowest BCUT2D eigenvalue weighted by Gasteiger charge is -2.10. The van der Waals surface area contributed by atoms with Crippen molar-refractivity contribution in [3.8, 4) is 11.4 Å². The number of hydrogen-bond donors (Lipinski definition) is 1. The molecule has 2 aromatic rings. The Kier molecular flexibility index (Phi) is 2.93. The monoisotopic (exact) mass is 248 g/mol. The van der Waals surface area contributed by atoms with Crippen molar-refractivity contribution >= 4 is 5.97 Å². The standard InChI is InChI=1S/C12H12N2O4/c1-13-7-8(12(16)17)11(15)14(13)9-5-3-4-6-10(9)18-2/h3-7H,1-2H3,(H,16,17). The number of hydrogen-bond acceptors (Lipinski definition) is 3. The highest BCUT2D eigenvalue weighted by Gasteiger charge is 2.18. The second-order valence-electron chi connectivity index (χ2n) is 3.71. The van der Waals surface area contributed by atoms with Gasteiger partial charge in [-0.2, -0.15) is 0 Å². The summed E-state index contributed by atoms with van der Waals surface area (Å²) in [4.78, 5) is 22.9. The predicted molar refractivity (Wildman–Crippen MR) is 64.5 cm³/mol. The van der Waals surface area contributed by atoms with Gasteiger partial charge in [-0.15, -0.1) is 0 Å². The molecule has 6 heteroatoms. The van der Waals surface area contributed by atoms with Crippen molar-refractivity contribution in [2.45, 2.75) is 0 Å². The van der Waals surface area contributed by atoms with Crippen LogP contribution >= 0.6 is 0 Å². The molecule has 0 atom stereocenters. The summed E-state index contributed by atoms with van der Waals surface area (Å²) in [6.07, 6.45) is 1.27. The van der Waals surface area contributed by atoms with Crippen LogP contribution in [0.5, 0.6) is 5.75 Å². The second-order valence-corrected chi connectivity index (χ2v) is 3.71. The molecule has 6 nitrogen and oxygen atoms in total. The summed E-state index contributed by atoms with van der Waals surface area (Å²) >= 11 is 0. The van der Waals surface area contributed by atoms with E-state index in [1.807, 2.05) is 0 Å². The minimum absolute atomic E-state index is 0.275. The van der Waals surface area contributed by atoms with Crippen LogP contribution in [0.3, 0.4) is 0 Å². The molecule has 1 aromatic heterocycles. The summed E-state index contributed by atoms with van der Waals surface area (Å²) in [6, 6.07) is 6.91. The zero-order valence-electron chi connectivity index (χ0n) is 9.95. The Morgan fingerprint density at radius 1 is 1.33 bits per heavy atom. The number of rotatable bonds is 3. The van der Waals surface area contributed by atoms with Crippen molar-refractivity contribution in [3.63, 3.8) is 0 Å². The number of nitrogens with zero attached hydrogens (tertiary/aromatic N) is 2. The summed E-state index contributed by atoms with van der Waals surface area (Å²) in [5.41, 5.74) is -0.363. The fourth-order valence-electron chi connectivity index (χ4n) is 1.79. The molecule has 0 radical (unpaired) electrons. The van der Waals surface area contributed by atoms with E-state index in [-0.39, 0.29) is 5.56 Å². The van der Waals surface area contributed by atoms with Gasteiger partial charge in [0.05, 0.1) is 7.11 Å². The maximum atomic E-state index is 12.0. The van der Waals surface area contributed by atoms with Gasteiger partial charge in [0.25, 0.3) is 5.56 Å². The third-order valence-electron chi connectivity index (χ3n) is 2.60. The molecule has 0 bridgehead atoms. The molecule has 1 aromatic carbocycles. The van der Waals surface area contributed by atoms with Crippen LogP contribution in [0.2, 0.25) is 0 Å². The zero-order valence-corrected chi connectivity index (χ0v) is 9.95. The van der Waals surface area contributed by atoms with Gasteiger partial charge in [-0.25, -0.2) is 9.48 Å². The number of carbonyl (C=O) groups is 1. The lowest BCUT2D eigenvalue weighted by molar-refractivity contribution is 0.0695. The lowest BCUT2D eigenvalue weighted by atomic mass is 10.3. The van der Waals surface area contributed by atoms with Gasteiger partial charge in [0.2, 0.25) is 0 Å². The van der Waals surface area contributed by atoms with Crippen LogP contribution in [0.15, 0.2) is 35.3 Å². The number of aromatic nitrogens is 2. The highest BCUT2D eigenvalue weighted by atomic mass is 16.5. The Morgan fingerprint density at radius 3 is 2.56 bits per heavy atom. The zero-order chi connectivity index (χ0) is 13.3. The number of aromatic carboxylic acids is 1. The average Bonchev–Trinajstić information content (AvgIpc) is 2.65. The number of aryl methyl sites for hydroxylation is 1. The van der Waals surface area contributed by atoms with Gasteiger partial charge in [0, 0.05) is 13.2 Å². The fourth-order valence-corrected chi connectivity index (χ4v) is 1.79. The van der Waals surface area contributed by atoms with Crippen molar-refractivity contribution in [2.75, 3.05) is 7.11 Å². The SMILES string of the molecule is COc1ccccc1-n1c(=O)c(C(=O)O)cn1C. The molecule has 0 aliphatic rings. The van der Waals surface area contributed by atoms with E-state index in [0.717, 1.165) is 0 Å². The van der Waals surface area contributed by atoms with Crippen LogP contribution in [-0.4, -0.2) is 27.5 Å². The summed E-state index contributed by atoms with van der Waals surface area (Å²) in [6.45, 7) is 0. The highest BCUT2D eigenvalue weighted by molar-refractivity contribution is 5.87. The number of carboxylic acids is 1. The Balaban J connectivity index is 2.72. The summed E-state index contributed by atoms with van der Waals surface area (Å²) in [5, 5.41) is 8.92. The van der Waals surface area contributed by atoms with Gasteiger partial charge < -0.3 is 9.84 Å². The van der Waals surface area contributed by atoms with Gasteiger partial charge in [-0.05, 0) is 12.1 Å². The normalized spacial score (nSPS) is 10.3. The molecule has 0 saturated heterocycles. The van der Waals surface area contributed by atoms with Crippen molar-refractivity contribution in [1.29, 1.82) is 0 Å². The van der Waals surface area contributed by atoms with Crippen LogP contribution in [-0.2, 0) is 7.05 Å². The van der Waals surface area contributed by atoms with Crippen LogP contribution in [0, 0.1) is 0 Å². The van der Waals surface area contributed by atoms with E-state index in [0.29, 0.717) is 11.4 Å². The molecule has 0 unspecified atom stereocenters. The third-order valence-corrected chi connectivity index (χ3v) is 2.60. The first kappa shape index (κ1) is 12.0. The molecular weight excluding hydrogens is 236 g/mol. The Morgan fingerprint density at radius 2 is 2.00 bits per heavy atom. The Labute approximate surface area is 103 Å². The molecule has 0 aliphatic heterocycles. The number of benzene rings is 1. The van der Waals surface area contributed by atoms with E-state index in [2.05, 4.69) is 0 Å². The number of methoxy groups -OCH3 is 1. The minimum Gasteiger partial charge on any atom is -0.494 e. The van der Waals surface area contributed by atoms with Gasteiger partial charge >= 0.3 is 5.97 Å². The van der Waals surface area contributed by atoms with Gasteiger partial charge in [0.1, 0.15) is 17.0 Å². The molecule has 1 heterocycles. The molecule has 18 heavy (non-hydrogen) atoms. The van der Waals surface area contributed by atoms with Crippen LogP contribution < -0.4 is 10.3 Å². The number of para-hydroxylation sites is 2. The maximum Gasteiger partial charge on any atom is 0.342 e. The first-order chi connectivity index (χ1) is 8.56. The largest absolute Gasteiger partial charge is 0.494 e. The molecule has 2 rings (SSSR count). The molecule has 0 spiro atoms. The Hall–Kier alpha value is -2.50. The van der Waals surface area contributed by atoms with E-state index in [1.165, 1.54) is 22.7 Å². The first-order valence-electron chi connectivity index (χ1n) is 5.21. The van der Waals surface area contributed by atoms with E-state index in [9.17, 15) is 9.59 Å². The Bertz CT molecular complexity index is 654. The number of ether oxygens (including phenoxy) is 1. The molecule has 1 N–H and O–H groups in total. The number of carboxylic acid groups (broad SMARTS) is 1. The summed E-state index contributed by atoms with van der Waals surface area (Å²) in [7, 11) is 3.09. The topological polar surface area (TPSA) is 73.5 Å². The van der Waals surface area contributed by atoms with E-state index in [1.54, 1.807) is 31.3 Å². The van der Waals surface area contributed by atoms with Crippen molar-refractivity contribution in [2.24, 2.45) is 7.05 Å². The van der Waals surface area contributed by atoms with E-state index < -0.39 is 11.5 Å². The first-order valence-corrected chi connectivity index (χ1v) is 5.21. The third kappa shape index (κ3) is 1.77. The summed E-state index contributed by atoms with van der Waals surface area (Å²) < 4.78 is 7.83. The molecule has 0 saturated carbocycles. The maximum absolute atomic E-state index is 12.0. The smallest absolute Gasteiger partial charge is 0.342 e. The molecule has 0 fully saturated rings. The minimum atomic E-state index is -1.25. The second kappa shape index (κ2) is 4.40. The van der Waals surface area contributed by atoms with Gasteiger partial charge in [-0.1, -0.05) is 12.1 Å². The van der Waals surface area contributed by atoms with Crippen molar-refractivity contribution < 1.29 is 14.6 Å². The molecule has 94 valence electrons. The molecular formula is C12H12N2O4. The van der Waals surface area contributed by atoms with Crippen LogP contribution in [0.4, 0.5) is 0 Å². The van der Waals surface area contributed by atoms with Crippen molar-refractivity contribution in [3.05, 3.63) is 46.4 Å². The predicted octanol–water partition coefficient (Wildman–Crippen LogP) is 0.883. The molecule has 0 aliphatic carbocycles. The van der Waals surface area contributed by atoms with E-state index >= 15 is 0 Å². The van der Waals surface area contributed by atoms with Crippen molar-refractivity contribution in [1.82, 2.24) is 9.36 Å².